The molecule has 1 unspecified atom stereocenters. The molecule has 1 saturated heterocycles. The molecule has 208 valence electrons. The Kier molecular flexibility index (Phi) is 11.2. The number of oxime groups is 1. The quantitative estimate of drug-likeness (QED) is 0.0310. The number of β-lactam (4-membered cyclic amide) rings is 1. The average molecular weight is 622 g/mol. The van der Waals surface area contributed by atoms with Gasteiger partial charge in [-0.2, -0.15) is 0 Å². The number of carbonyl (C=O) groups is 4. The van der Waals surface area contributed by atoms with Crippen LogP contribution in [0.1, 0.15) is 0 Å². The maximum atomic E-state index is 13.2. The Labute approximate surface area is 238 Å². The maximum absolute atomic E-state index is 13.2. The van der Waals surface area contributed by atoms with Gasteiger partial charge in [0, 0.05) is 26.2 Å². The molecule has 0 aromatic carbocycles. The Balaban J connectivity index is 1.73. The van der Waals surface area contributed by atoms with E-state index in [9.17, 15) is 19.2 Å². The fourth-order valence-corrected chi connectivity index (χ4v) is 7.14. The first kappa shape index (κ1) is 30.6. The summed E-state index contributed by atoms with van der Waals surface area (Å²) in [4.78, 5) is 56.8. The van der Waals surface area contributed by atoms with Crippen molar-refractivity contribution in [2.24, 2.45) is 5.16 Å². The summed E-state index contributed by atoms with van der Waals surface area (Å²) in [6.45, 7) is 6.90. The van der Waals surface area contributed by atoms with E-state index in [4.69, 9.17) is 21.1 Å². The zero-order chi connectivity index (χ0) is 27.9. The van der Waals surface area contributed by atoms with E-state index in [1.807, 2.05) is 0 Å². The van der Waals surface area contributed by atoms with E-state index in [2.05, 4.69) is 44.5 Å². The lowest BCUT2D eigenvalue weighted by Gasteiger charge is -2.49. The summed E-state index contributed by atoms with van der Waals surface area (Å²) in [5.74, 6) is -2.48. The van der Waals surface area contributed by atoms with Gasteiger partial charge in [0.05, 0.1) is 12.1 Å². The van der Waals surface area contributed by atoms with Gasteiger partial charge in [-0.15, -0.1) is 40.2 Å². The molecular weight excluding hydrogens is 594 g/mol. The largest absolute Gasteiger partial charge is 0.434 e. The summed E-state index contributed by atoms with van der Waals surface area (Å²) in [5, 5.41) is 9.19. The number of amides is 2. The van der Waals surface area contributed by atoms with Gasteiger partial charge < -0.3 is 19.6 Å². The highest BCUT2D eigenvalue weighted by Crippen LogP contribution is 2.42. The molecule has 38 heavy (non-hydrogen) atoms. The van der Waals surface area contributed by atoms with Gasteiger partial charge >= 0.3 is 5.97 Å². The first-order chi connectivity index (χ1) is 18.1. The number of halogens is 1. The van der Waals surface area contributed by atoms with Crippen LogP contribution in [0.25, 0.3) is 0 Å². The normalized spacial score (nSPS) is 19.6. The zero-order valence-corrected chi connectivity index (χ0v) is 25.4. The molecule has 17 heteroatoms. The van der Waals surface area contributed by atoms with Crippen molar-refractivity contribution in [2.45, 2.75) is 41.3 Å². The highest BCUT2D eigenvalue weighted by atomic mass is 35.5. The van der Waals surface area contributed by atoms with Gasteiger partial charge in [0.25, 0.3) is 11.8 Å². The molecule has 0 saturated carbocycles. The Hall–Kier alpha value is -1.98. The van der Waals surface area contributed by atoms with Gasteiger partial charge in [-0.05, 0) is 23.1 Å². The highest BCUT2D eigenvalue weighted by molar-refractivity contribution is 8.01. The number of nitrogens with zero attached hydrogens (tertiary/aromatic N) is 4. The Morgan fingerprint density at radius 3 is 2.74 bits per heavy atom. The number of hydrogen-bond donors (Lipinski definition) is 1. The number of aromatic nitrogens is 2. The summed E-state index contributed by atoms with van der Waals surface area (Å²) in [6.07, 6.45) is 1.63. The standard InChI is InChI=1S/C21H28ClN5O7S3Si/c1-32-25-15(13(28)7-22)18(29)24-16-19(30)27-17(21(31)34-11-33-5-6-38(2,3)4)12(10-36-20(16)27)9-35-14-8-23-26-37-14/h8,16,20H,5-7,9-11H2,1-4H3,(H,24,29)/b25-15-/t16?,20-/m0/s1. The van der Waals surface area contributed by atoms with Gasteiger partial charge in [-0.1, -0.05) is 29.3 Å². The Bertz CT molecular complexity index is 1110. The smallest absolute Gasteiger partial charge is 0.357 e. The molecule has 12 nitrogen and oxygen atoms in total. The third-order valence-electron chi connectivity index (χ3n) is 5.31. The molecule has 3 heterocycles. The zero-order valence-electron chi connectivity index (χ0n) is 21.2. The van der Waals surface area contributed by atoms with E-state index in [1.54, 1.807) is 6.20 Å². The monoisotopic (exact) mass is 621 g/mol. The molecular formula is C21H28ClN5O7S3Si. The molecule has 1 fully saturated rings. The molecule has 0 radical (unpaired) electrons. The van der Waals surface area contributed by atoms with Crippen molar-refractivity contribution >= 4 is 84.0 Å². The van der Waals surface area contributed by atoms with Crippen LogP contribution in [0.3, 0.4) is 0 Å². The molecule has 1 aromatic heterocycles. The average Bonchev–Trinajstić information content (AvgIpc) is 3.40. The van der Waals surface area contributed by atoms with Crippen LogP contribution in [0.4, 0.5) is 0 Å². The fourth-order valence-electron chi connectivity index (χ4n) is 3.35. The molecule has 3 rings (SSSR count). The third kappa shape index (κ3) is 7.78. The lowest BCUT2D eigenvalue weighted by Crippen LogP contribution is -2.71. The molecule has 0 aliphatic carbocycles. The van der Waals surface area contributed by atoms with E-state index >= 15 is 0 Å². The van der Waals surface area contributed by atoms with Crippen LogP contribution < -0.4 is 5.32 Å². The van der Waals surface area contributed by atoms with E-state index in [0.717, 1.165) is 10.3 Å². The second-order valence-electron chi connectivity index (χ2n) is 9.29. The van der Waals surface area contributed by atoms with Crippen molar-refractivity contribution in [3.8, 4) is 0 Å². The van der Waals surface area contributed by atoms with Crippen LogP contribution in [-0.2, 0) is 33.5 Å². The molecule has 2 aliphatic heterocycles. The number of rotatable bonds is 14. The molecule has 2 atom stereocenters. The van der Waals surface area contributed by atoms with Gasteiger partial charge in [0.2, 0.25) is 11.5 Å². The van der Waals surface area contributed by atoms with E-state index in [1.165, 1.54) is 47.1 Å². The van der Waals surface area contributed by atoms with E-state index < -0.39 is 54.6 Å². The number of carbonyl (C=O) groups excluding carboxylic acids is 4. The van der Waals surface area contributed by atoms with Gasteiger partial charge in [0.1, 0.15) is 28.4 Å². The number of thioether (sulfide) groups is 2. The van der Waals surface area contributed by atoms with Gasteiger partial charge in [0.15, 0.2) is 6.79 Å². The highest BCUT2D eigenvalue weighted by Gasteiger charge is 2.54. The molecule has 0 bridgehead atoms. The summed E-state index contributed by atoms with van der Waals surface area (Å²) >= 11 is 9.61. The number of fused-ring (bicyclic) bond motifs is 1. The minimum Gasteiger partial charge on any atom is -0.434 e. The summed E-state index contributed by atoms with van der Waals surface area (Å²) < 4.78 is 15.6. The summed E-state index contributed by atoms with van der Waals surface area (Å²) in [7, 11) is -0.119. The lowest BCUT2D eigenvalue weighted by molar-refractivity contribution is -0.159. The van der Waals surface area contributed by atoms with Crippen LogP contribution in [0, 0.1) is 0 Å². The minimum atomic E-state index is -1.30. The first-order valence-electron chi connectivity index (χ1n) is 11.4. The molecule has 1 N–H and O–H groups in total. The number of nitrogens with one attached hydrogen (secondary N) is 1. The predicted molar refractivity (Wildman–Crippen MR) is 148 cm³/mol. The van der Waals surface area contributed by atoms with Gasteiger partial charge in [-0.3, -0.25) is 19.3 Å². The van der Waals surface area contributed by atoms with Crippen molar-refractivity contribution < 1.29 is 33.5 Å². The van der Waals surface area contributed by atoms with Crippen LogP contribution in [0.5, 0.6) is 0 Å². The topological polar surface area (TPSA) is 149 Å². The Morgan fingerprint density at radius 2 is 2.11 bits per heavy atom. The van der Waals surface area contributed by atoms with Crippen LogP contribution in [-0.4, -0.2) is 101 Å². The fraction of sp³-hybridized carbons (Fsp3) is 0.571. The van der Waals surface area contributed by atoms with Gasteiger partial charge in [-0.25, -0.2) is 4.79 Å². The number of Topliss-reactive ketones (excluding diaryl/α,β-unsaturated/α-hetero) is 1. The second-order valence-corrected chi connectivity index (χ2v) is 18.3. The number of esters is 1. The van der Waals surface area contributed by atoms with Crippen molar-refractivity contribution in [3.63, 3.8) is 0 Å². The number of ether oxygens (including phenoxy) is 2. The van der Waals surface area contributed by atoms with Crippen molar-refractivity contribution in [2.75, 3.05) is 37.9 Å². The van der Waals surface area contributed by atoms with Crippen molar-refractivity contribution in [1.82, 2.24) is 19.8 Å². The van der Waals surface area contributed by atoms with Crippen LogP contribution in [0.15, 0.2) is 26.8 Å². The molecule has 0 spiro atoms. The molecule has 1 aromatic rings. The lowest BCUT2D eigenvalue weighted by atomic mass is 10.0. The van der Waals surface area contributed by atoms with E-state index in [-0.39, 0.29) is 12.5 Å². The van der Waals surface area contributed by atoms with Crippen molar-refractivity contribution in [1.29, 1.82) is 0 Å². The Morgan fingerprint density at radius 1 is 1.34 bits per heavy atom. The number of hydrogen-bond acceptors (Lipinski definition) is 13. The summed E-state index contributed by atoms with van der Waals surface area (Å²) in [5.41, 5.74) is 0.287. The van der Waals surface area contributed by atoms with Crippen LogP contribution in [0.2, 0.25) is 25.7 Å². The van der Waals surface area contributed by atoms with Crippen molar-refractivity contribution in [3.05, 3.63) is 17.5 Å². The number of ketones is 1. The second kappa shape index (κ2) is 13.9. The SMILES string of the molecule is CO/N=C(/C(=O)CCl)C(=O)NC1C(=O)N2C(C(=O)OCOCC[Si](C)(C)C)=C(CSc3cnns3)CS[C@@H]12. The summed E-state index contributed by atoms with van der Waals surface area (Å²) in [6, 6.07) is -0.0584. The third-order valence-corrected chi connectivity index (χ3v) is 10.5. The first-order valence-corrected chi connectivity index (χ1v) is 18.4. The van der Waals surface area contributed by atoms with Crippen LogP contribution >= 0.6 is 46.7 Å². The minimum absolute atomic E-state index is 0.130. The maximum Gasteiger partial charge on any atom is 0.357 e. The number of alkyl halides is 1. The molecule has 2 aliphatic rings. The predicted octanol–water partition coefficient (Wildman–Crippen LogP) is 1.95. The van der Waals surface area contributed by atoms with E-state index in [0.29, 0.717) is 23.7 Å². The molecule has 2 amide bonds.